The second-order valence-electron chi connectivity index (χ2n) is 3.66. The number of rotatable bonds is 5. The number of hydrogen-bond acceptors (Lipinski definition) is 5. The fourth-order valence-corrected chi connectivity index (χ4v) is 2.03. The fraction of sp³-hybridized carbons (Fsp3) is 0.182. The minimum Gasteiger partial charge on any atom is -0.360 e. The van der Waals surface area contributed by atoms with Crippen LogP contribution in [0.1, 0.15) is 11.3 Å². The number of halogens is 1. The standard InChI is InChI=1S/C11H10BrN3O3/c12-9-3-8(4-10(5-9)15(16)17)6-13-7-11-1-2-14-18-11/h1-5,13H,6-7H2. The lowest BCUT2D eigenvalue weighted by Gasteiger charge is -2.03. The van der Waals surface area contributed by atoms with Gasteiger partial charge < -0.3 is 9.84 Å². The van der Waals surface area contributed by atoms with E-state index < -0.39 is 4.92 Å². The van der Waals surface area contributed by atoms with E-state index in [1.807, 2.05) is 6.07 Å². The van der Waals surface area contributed by atoms with Crippen LogP contribution in [0.2, 0.25) is 0 Å². The number of aromatic nitrogens is 1. The molecule has 7 heteroatoms. The van der Waals surface area contributed by atoms with Crippen LogP contribution in [-0.4, -0.2) is 10.1 Å². The predicted molar refractivity (Wildman–Crippen MR) is 67.8 cm³/mol. The van der Waals surface area contributed by atoms with Gasteiger partial charge in [-0.15, -0.1) is 0 Å². The maximum atomic E-state index is 10.7. The van der Waals surface area contributed by atoms with Crippen LogP contribution in [-0.2, 0) is 13.1 Å². The van der Waals surface area contributed by atoms with Crippen molar-refractivity contribution in [1.82, 2.24) is 10.5 Å². The third-order valence-electron chi connectivity index (χ3n) is 2.27. The third-order valence-corrected chi connectivity index (χ3v) is 2.73. The molecular weight excluding hydrogens is 302 g/mol. The van der Waals surface area contributed by atoms with E-state index in [2.05, 4.69) is 26.4 Å². The zero-order valence-electron chi connectivity index (χ0n) is 9.30. The highest BCUT2D eigenvalue weighted by molar-refractivity contribution is 9.10. The molecule has 94 valence electrons. The van der Waals surface area contributed by atoms with E-state index in [1.54, 1.807) is 12.3 Å². The summed E-state index contributed by atoms with van der Waals surface area (Å²) in [4.78, 5) is 10.3. The molecule has 0 bridgehead atoms. The van der Waals surface area contributed by atoms with Gasteiger partial charge in [-0.1, -0.05) is 21.1 Å². The molecule has 6 nitrogen and oxygen atoms in total. The Bertz CT molecular complexity index is 542. The molecule has 1 heterocycles. The largest absolute Gasteiger partial charge is 0.360 e. The molecule has 0 saturated heterocycles. The molecule has 1 aromatic heterocycles. The lowest BCUT2D eigenvalue weighted by Crippen LogP contribution is -2.12. The minimum atomic E-state index is -0.412. The average molecular weight is 312 g/mol. The van der Waals surface area contributed by atoms with Crippen molar-refractivity contribution in [2.75, 3.05) is 0 Å². The highest BCUT2D eigenvalue weighted by atomic mass is 79.9. The summed E-state index contributed by atoms with van der Waals surface area (Å²) in [5.41, 5.74) is 0.899. The van der Waals surface area contributed by atoms with E-state index in [9.17, 15) is 10.1 Å². The smallest absolute Gasteiger partial charge is 0.270 e. The molecule has 0 aliphatic rings. The Kier molecular flexibility index (Phi) is 4.06. The minimum absolute atomic E-state index is 0.0702. The number of hydrogen-bond donors (Lipinski definition) is 1. The first kappa shape index (κ1) is 12.7. The highest BCUT2D eigenvalue weighted by Crippen LogP contribution is 2.21. The third kappa shape index (κ3) is 3.38. The number of nitrogens with one attached hydrogen (secondary N) is 1. The van der Waals surface area contributed by atoms with Crippen LogP contribution in [0.4, 0.5) is 5.69 Å². The Morgan fingerprint density at radius 3 is 2.89 bits per heavy atom. The molecule has 0 aliphatic heterocycles. The van der Waals surface area contributed by atoms with Gasteiger partial charge in [-0.2, -0.15) is 0 Å². The maximum Gasteiger partial charge on any atom is 0.270 e. The molecule has 0 aliphatic carbocycles. The van der Waals surface area contributed by atoms with Gasteiger partial charge in [0.15, 0.2) is 0 Å². The van der Waals surface area contributed by atoms with Gasteiger partial charge >= 0.3 is 0 Å². The van der Waals surface area contributed by atoms with Gasteiger partial charge in [-0.25, -0.2) is 0 Å². The van der Waals surface area contributed by atoms with Crippen molar-refractivity contribution in [1.29, 1.82) is 0 Å². The zero-order valence-corrected chi connectivity index (χ0v) is 10.9. The zero-order chi connectivity index (χ0) is 13.0. The van der Waals surface area contributed by atoms with Crippen molar-refractivity contribution in [3.8, 4) is 0 Å². The van der Waals surface area contributed by atoms with E-state index in [0.717, 1.165) is 11.3 Å². The SMILES string of the molecule is O=[N+]([O-])c1cc(Br)cc(CNCc2ccno2)c1. The van der Waals surface area contributed by atoms with Crippen LogP contribution < -0.4 is 5.32 Å². The van der Waals surface area contributed by atoms with Crippen LogP contribution in [0.5, 0.6) is 0 Å². The van der Waals surface area contributed by atoms with Crippen LogP contribution in [0, 0.1) is 10.1 Å². The molecule has 1 aromatic carbocycles. The number of benzene rings is 1. The number of nitrogens with zero attached hydrogens (tertiary/aromatic N) is 2. The molecule has 0 unspecified atom stereocenters. The van der Waals surface area contributed by atoms with E-state index in [-0.39, 0.29) is 5.69 Å². The Balaban J connectivity index is 1.98. The summed E-state index contributed by atoms with van der Waals surface area (Å²) in [6.07, 6.45) is 1.57. The first-order valence-corrected chi connectivity index (χ1v) is 5.98. The molecule has 0 spiro atoms. The van der Waals surface area contributed by atoms with Crippen LogP contribution in [0.3, 0.4) is 0 Å². The molecule has 1 N–H and O–H groups in total. The Morgan fingerprint density at radius 2 is 2.22 bits per heavy atom. The second kappa shape index (κ2) is 5.74. The van der Waals surface area contributed by atoms with Crippen molar-refractivity contribution in [3.05, 3.63) is 56.4 Å². The van der Waals surface area contributed by atoms with Crippen molar-refractivity contribution in [2.24, 2.45) is 0 Å². The number of non-ortho nitro benzene ring substituents is 1. The van der Waals surface area contributed by atoms with Crippen LogP contribution in [0.15, 0.2) is 39.5 Å². The number of nitro benzene ring substituents is 1. The van der Waals surface area contributed by atoms with Crippen LogP contribution in [0.25, 0.3) is 0 Å². The molecule has 2 rings (SSSR count). The lowest BCUT2D eigenvalue weighted by atomic mass is 10.2. The van der Waals surface area contributed by atoms with Crippen molar-refractivity contribution in [3.63, 3.8) is 0 Å². The first-order chi connectivity index (χ1) is 8.65. The van der Waals surface area contributed by atoms with Gasteiger partial charge in [0.1, 0.15) is 5.76 Å². The van der Waals surface area contributed by atoms with E-state index in [0.29, 0.717) is 17.6 Å². The summed E-state index contributed by atoms with van der Waals surface area (Å²) >= 11 is 3.25. The summed E-state index contributed by atoms with van der Waals surface area (Å²) in [5, 5.41) is 17.4. The normalized spacial score (nSPS) is 10.5. The van der Waals surface area contributed by atoms with Gasteiger partial charge in [-0.3, -0.25) is 10.1 Å². The van der Waals surface area contributed by atoms with E-state index in [1.165, 1.54) is 12.1 Å². The predicted octanol–water partition coefficient (Wildman–Crippen LogP) is 2.64. The van der Waals surface area contributed by atoms with Gasteiger partial charge in [0.2, 0.25) is 0 Å². The quantitative estimate of drug-likeness (QED) is 0.678. The Labute approximate surface area is 111 Å². The molecule has 0 atom stereocenters. The Morgan fingerprint density at radius 1 is 1.39 bits per heavy atom. The fourth-order valence-electron chi connectivity index (χ4n) is 1.50. The Hall–Kier alpha value is -1.73. The molecule has 0 saturated carbocycles. The van der Waals surface area contributed by atoms with Crippen molar-refractivity contribution in [2.45, 2.75) is 13.1 Å². The van der Waals surface area contributed by atoms with Crippen LogP contribution >= 0.6 is 15.9 Å². The molecule has 2 aromatic rings. The van der Waals surface area contributed by atoms with Gasteiger partial charge in [0, 0.05) is 29.2 Å². The molecule has 0 radical (unpaired) electrons. The maximum absolute atomic E-state index is 10.7. The van der Waals surface area contributed by atoms with Gasteiger partial charge in [0.05, 0.1) is 17.7 Å². The average Bonchev–Trinajstić information content (AvgIpc) is 2.81. The van der Waals surface area contributed by atoms with Crippen molar-refractivity contribution < 1.29 is 9.45 Å². The van der Waals surface area contributed by atoms with Crippen molar-refractivity contribution >= 4 is 21.6 Å². The number of nitro groups is 1. The summed E-state index contributed by atoms with van der Waals surface area (Å²) in [7, 11) is 0. The van der Waals surface area contributed by atoms with Gasteiger partial charge in [-0.05, 0) is 11.6 Å². The van der Waals surface area contributed by atoms with E-state index >= 15 is 0 Å². The lowest BCUT2D eigenvalue weighted by molar-refractivity contribution is -0.385. The monoisotopic (exact) mass is 311 g/mol. The summed E-state index contributed by atoms with van der Waals surface area (Å²) in [6.45, 7) is 1.04. The molecular formula is C11H10BrN3O3. The summed E-state index contributed by atoms with van der Waals surface area (Å²) < 4.78 is 5.62. The van der Waals surface area contributed by atoms with Gasteiger partial charge in [0.25, 0.3) is 5.69 Å². The summed E-state index contributed by atoms with van der Waals surface area (Å²) in [6, 6.07) is 6.61. The molecule has 18 heavy (non-hydrogen) atoms. The first-order valence-electron chi connectivity index (χ1n) is 5.19. The highest BCUT2D eigenvalue weighted by Gasteiger charge is 2.08. The molecule has 0 fully saturated rings. The molecule has 0 amide bonds. The summed E-state index contributed by atoms with van der Waals surface area (Å²) in [5.74, 6) is 0.722. The van der Waals surface area contributed by atoms with E-state index in [4.69, 9.17) is 4.52 Å². The second-order valence-corrected chi connectivity index (χ2v) is 4.57. The topological polar surface area (TPSA) is 81.2 Å².